The predicted molar refractivity (Wildman–Crippen MR) is 62.7 cm³/mol. The van der Waals surface area contributed by atoms with Crippen LogP contribution in [0.25, 0.3) is 0 Å². The highest BCUT2D eigenvalue weighted by molar-refractivity contribution is 5.90. The molecule has 0 saturated heterocycles. The van der Waals surface area contributed by atoms with Gasteiger partial charge in [0.2, 0.25) is 0 Å². The van der Waals surface area contributed by atoms with Gasteiger partial charge in [0, 0.05) is 25.4 Å². The molecule has 0 saturated carbocycles. The summed E-state index contributed by atoms with van der Waals surface area (Å²) in [6, 6.07) is 0. The molecule has 5 nitrogen and oxygen atoms in total. The predicted octanol–water partition coefficient (Wildman–Crippen LogP) is 1.77. The van der Waals surface area contributed by atoms with Crippen LogP contribution in [0.2, 0.25) is 0 Å². The van der Waals surface area contributed by atoms with Crippen LogP contribution in [0.4, 0.5) is 0 Å². The topological polar surface area (TPSA) is 72.8 Å². The quantitative estimate of drug-likeness (QED) is 0.360. The summed E-state index contributed by atoms with van der Waals surface area (Å²) in [4.78, 5) is 21.0. The highest BCUT2D eigenvalue weighted by Gasteiger charge is 1.98. The minimum atomic E-state index is -1.16. The summed E-state index contributed by atoms with van der Waals surface area (Å²) in [5.74, 6) is -1.79. The maximum atomic E-state index is 10.9. The monoisotopic (exact) mass is 244 g/mol. The third-order valence-electron chi connectivity index (χ3n) is 1.93. The lowest BCUT2D eigenvalue weighted by atomic mass is 10.3. The minimum Gasteiger partial charge on any atom is -0.478 e. The number of carboxylic acid groups (broad SMARTS) is 1. The molecule has 0 fully saturated rings. The van der Waals surface area contributed by atoms with Crippen molar-refractivity contribution in [2.24, 2.45) is 0 Å². The minimum absolute atomic E-state index is 0.292. The van der Waals surface area contributed by atoms with Gasteiger partial charge in [-0.2, -0.15) is 0 Å². The molecule has 0 aromatic rings. The van der Waals surface area contributed by atoms with E-state index in [4.69, 9.17) is 14.6 Å². The summed E-state index contributed by atoms with van der Waals surface area (Å²) in [5.41, 5.74) is 0. The van der Waals surface area contributed by atoms with Crippen LogP contribution < -0.4 is 0 Å². The summed E-state index contributed by atoms with van der Waals surface area (Å²) in [7, 11) is 0. The van der Waals surface area contributed by atoms with Gasteiger partial charge in [-0.15, -0.1) is 0 Å². The fraction of sp³-hybridized carbons (Fsp3) is 0.667. The molecule has 0 bridgehead atoms. The lowest BCUT2D eigenvalue weighted by Crippen LogP contribution is -2.05. The Morgan fingerprint density at radius 2 is 1.71 bits per heavy atom. The summed E-state index contributed by atoms with van der Waals surface area (Å²) >= 11 is 0. The standard InChI is InChI=1S/C12H20O5/c1-2-3-8-16-9-4-5-10-17-12(15)7-6-11(13)14/h6-7H,2-5,8-10H2,1H3,(H,13,14)/b7-6-. The van der Waals surface area contributed by atoms with Crippen LogP contribution in [0.15, 0.2) is 12.2 Å². The average molecular weight is 244 g/mol. The summed E-state index contributed by atoms with van der Waals surface area (Å²) in [6.07, 6.45) is 5.40. The van der Waals surface area contributed by atoms with Crippen molar-refractivity contribution in [3.63, 3.8) is 0 Å². The normalized spacial score (nSPS) is 10.6. The number of rotatable bonds is 10. The Balaban J connectivity index is 3.28. The maximum Gasteiger partial charge on any atom is 0.331 e. The smallest absolute Gasteiger partial charge is 0.331 e. The van der Waals surface area contributed by atoms with Gasteiger partial charge in [0.1, 0.15) is 0 Å². The van der Waals surface area contributed by atoms with E-state index in [1.807, 2.05) is 0 Å². The third kappa shape index (κ3) is 12.6. The van der Waals surface area contributed by atoms with E-state index in [0.29, 0.717) is 13.2 Å². The Morgan fingerprint density at radius 3 is 2.35 bits per heavy atom. The van der Waals surface area contributed by atoms with E-state index in [1.165, 1.54) is 0 Å². The molecular formula is C12H20O5. The molecule has 98 valence electrons. The van der Waals surface area contributed by atoms with Crippen molar-refractivity contribution in [2.45, 2.75) is 32.6 Å². The first-order valence-electron chi connectivity index (χ1n) is 5.82. The number of hydrogen-bond acceptors (Lipinski definition) is 4. The first-order chi connectivity index (χ1) is 8.16. The number of carboxylic acids is 1. The molecule has 17 heavy (non-hydrogen) atoms. The molecule has 0 aliphatic heterocycles. The van der Waals surface area contributed by atoms with Gasteiger partial charge in [0.15, 0.2) is 0 Å². The zero-order chi connectivity index (χ0) is 12.9. The van der Waals surface area contributed by atoms with Gasteiger partial charge >= 0.3 is 11.9 Å². The maximum absolute atomic E-state index is 10.9. The molecule has 0 heterocycles. The molecular weight excluding hydrogens is 224 g/mol. The zero-order valence-corrected chi connectivity index (χ0v) is 10.2. The Morgan fingerprint density at radius 1 is 1.06 bits per heavy atom. The number of carbonyl (C=O) groups excluding carboxylic acids is 1. The van der Waals surface area contributed by atoms with Crippen LogP contribution in [-0.4, -0.2) is 36.9 Å². The number of aliphatic carboxylic acids is 1. The van der Waals surface area contributed by atoms with E-state index >= 15 is 0 Å². The number of carbonyl (C=O) groups is 2. The SMILES string of the molecule is CCCCOCCCCOC(=O)/C=C\C(=O)O. The first kappa shape index (κ1) is 15.6. The molecule has 0 aromatic carbocycles. The van der Waals surface area contributed by atoms with E-state index in [-0.39, 0.29) is 0 Å². The fourth-order valence-corrected chi connectivity index (χ4v) is 1.01. The molecule has 0 aromatic heterocycles. The van der Waals surface area contributed by atoms with E-state index in [2.05, 4.69) is 6.92 Å². The van der Waals surface area contributed by atoms with Gasteiger partial charge in [-0.3, -0.25) is 0 Å². The van der Waals surface area contributed by atoms with E-state index in [0.717, 1.165) is 44.4 Å². The van der Waals surface area contributed by atoms with Gasteiger partial charge in [0.25, 0.3) is 0 Å². The van der Waals surface area contributed by atoms with E-state index < -0.39 is 11.9 Å². The van der Waals surface area contributed by atoms with Crippen LogP contribution in [-0.2, 0) is 19.1 Å². The average Bonchev–Trinajstić information content (AvgIpc) is 2.30. The van der Waals surface area contributed by atoms with Crippen molar-refractivity contribution in [3.05, 3.63) is 12.2 Å². The van der Waals surface area contributed by atoms with Crippen molar-refractivity contribution >= 4 is 11.9 Å². The second kappa shape index (κ2) is 11.1. The highest BCUT2D eigenvalue weighted by Crippen LogP contribution is 1.94. The van der Waals surface area contributed by atoms with Crippen molar-refractivity contribution in [3.8, 4) is 0 Å². The van der Waals surface area contributed by atoms with Crippen molar-refractivity contribution in [1.29, 1.82) is 0 Å². The highest BCUT2D eigenvalue weighted by atomic mass is 16.5. The molecule has 0 atom stereocenters. The number of unbranched alkanes of at least 4 members (excludes halogenated alkanes) is 2. The van der Waals surface area contributed by atoms with Crippen LogP contribution in [0.1, 0.15) is 32.6 Å². The Kier molecular flexibility index (Phi) is 10.2. The molecule has 0 rings (SSSR count). The lowest BCUT2D eigenvalue weighted by molar-refractivity contribution is -0.138. The van der Waals surface area contributed by atoms with Crippen molar-refractivity contribution < 1.29 is 24.2 Å². The van der Waals surface area contributed by atoms with Gasteiger partial charge in [-0.25, -0.2) is 9.59 Å². The molecule has 0 aliphatic carbocycles. The summed E-state index contributed by atoms with van der Waals surface area (Å²) in [6.45, 7) is 3.84. The van der Waals surface area contributed by atoms with Crippen molar-refractivity contribution in [1.82, 2.24) is 0 Å². The first-order valence-corrected chi connectivity index (χ1v) is 5.82. The molecule has 5 heteroatoms. The number of esters is 1. The van der Waals surface area contributed by atoms with Crippen molar-refractivity contribution in [2.75, 3.05) is 19.8 Å². The van der Waals surface area contributed by atoms with Crippen LogP contribution >= 0.6 is 0 Å². The second-order valence-corrected chi connectivity index (χ2v) is 3.51. The van der Waals surface area contributed by atoms with Gasteiger partial charge < -0.3 is 14.6 Å². The van der Waals surface area contributed by atoms with E-state index in [1.54, 1.807) is 0 Å². The van der Waals surface area contributed by atoms with Crippen LogP contribution in [0.5, 0.6) is 0 Å². The Bertz CT molecular complexity index is 247. The largest absolute Gasteiger partial charge is 0.478 e. The summed E-state index contributed by atoms with van der Waals surface area (Å²) < 4.78 is 10.1. The summed E-state index contributed by atoms with van der Waals surface area (Å²) in [5, 5.41) is 8.26. The fourth-order valence-electron chi connectivity index (χ4n) is 1.01. The van der Waals surface area contributed by atoms with Gasteiger partial charge in [0.05, 0.1) is 6.61 Å². The molecule has 0 aliphatic rings. The molecule has 0 unspecified atom stereocenters. The van der Waals surface area contributed by atoms with Gasteiger partial charge in [-0.05, 0) is 19.3 Å². The molecule has 0 amide bonds. The zero-order valence-electron chi connectivity index (χ0n) is 10.2. The van der Waals surface area contributed by atoms with Gasteiger partial charge in [-0.1, -0.05) is 13.3 Å². The number of ether oxygens (including phenoxy) is 2. The molecule has 0 radical (unpaired) electrons. The Hall–Kier alpha value is -1.36. The molecule has 1 N–H and O–H groups in total. The Labute approximate surface area is 101 Å². The van der Waals surface area contributed by atoms with E-state index in [9.17, 15) is 9.59 Å². The third-order valence-corrected chi connectivity index (χ3v) is 1.93. The van der Waals surface area contributed by atoms with Crippen LogP contribution in [0, 0.1) is 0 Å². The second-order valence-electron chi connectivity index (χ2n) is 3.51. The number of hydrogen-bond donors (Lipinski definition) is 1. The van der Waals surface area contributed by atoms with Crippen LogP contribution in [0.3, 0.4) is 0 Å². The molecule has 0 spiro atoms. The lowest BCUT2D eigenvalue weighted by Gasteiger charge is -2.03.